The predicted molar refractivity (Wildman–Crippen MR) is 29.4 cm³/mol. The van der Waals surface area contributed by atoms with Crippen molar-refractivity contribution in [1.29, 1.82) is 0 Å². The lowest BCUT2D eigenvalue weighted by molar-refractivity contribution is 0.256. The van der Waals surface area contributed by atoms with Gasteiger partial charge in [-0.2, -0.15) is 0 Å². The van der Waals surface area contributed by atoms with Gasteiger partial charge in [0.05, 0.1) is 12.9 Å². The summed E-state index contributed by atoms with van der Waals surface area (Å²) in [6, 6.07) is 0. The van der Waals surface area contributed by atoms with Crippen LogP contribution in [0.25, 0.3) is 0 Å². The van der Waals surface area contributed by atoms with Gasteiger partial charge >= 0.3 is 7.82 Å². The van der Waals surface area contributed by atoms with Crippen LogP contribution in [-0.2, 0) is 9.09 Å². The monoisotopic (exact) mass is 154 g/mol. The molecule has 0 aromatic rings. The largest absolute Gasteiger partial charge is 0.524 e. The highest BCUT2D eigenvalue weighted by atomic mass is 31.2. The van der Waals surface area contributed by atoms with Crippen molar-refractivity contribution < 1.29 is 24.0 Å². The Morgan fingerprint density at radius 2 is 2.11 bits per heavy atom. The fourth-order valence-corrected chi connectivity index (χ4v) is 0.410. The summed E-state index contributed by atoms with van der Waals surface area (Å²) in [5.41, 5.74) is 0. The van der Waals surface area contributed by atoms with Gasteiger partial charge in [-0.25, -0.2) is 4.57 Å². The third-order valence-corrected chi connectivity index (χ3v) is 0.796. The number of hydrogen-bond donors (Lipinski definition) is 3. The molecule has 0 aliphatic rings. The molecule has 54 valence electrons. The van der Waals surface area contributed by atoms with Gasteiger partial charge in [0.1, 0.15) is 0 Å². The van der Waals surface area contributed by atoms with Crippen molar-refractivity contribution in [3.8, 4) is 0 Å². The number of hydrogen-bond acceptors (Lipinski definition) is 3. The molecule has 0 aromatic carbocycles. The first kappa shape index (κ1) is 8.65. The van der Waals surface area contributed by atoms with Crippen LogP contribution in [0.15, 0.2) is 12.3 Å². The van der Waals surface area contributed by atoms with E-state index in [9.17, 15) is 4.57 Å². The zero-order valence-corrected chi connectivity index (χ0v) is 5.36. The minimum atomic E-state index is -4.39. The minimum absolute atomic E-state index is 0.306. The van der Waals surface area contributed by atoms with Gasteiger partial charge in [-0.3, -0.25) is 9.79 Å². The number of aliphatic hydroxyl groups excluding tert-OH is 1. The van der Waals surface area contributed by atoms with E-state index in [2.05, 4.69) is 4.52 Å². The Labute approximate surface area is 51.8 Å². The zero-order valence-electron chi connectivity index (χ0n) is 4.47. The van der Waals surface area contributed by atoms with Gasteiger partial charge in [-0.05, 0) is 6.08 Å². The van der Waals surface area contributed by atoms with Crippen molar-refractivity contribution in [3.05, 3.63) is 12.3 Å². The van der Waals surface area contributed by atoms with Crippen LogP contribution in [0, 0.1) is 0 Å². The van der Waals surface area contributed by atoms with Crippen molar-refractivity contribution in [3.63, 3.8) is 0 Å². The lowest BCUT2D eigenvalue weighted by Crippen LogP contribution is -1.79. The van der Waals surface area contributed by atoms with E-state index in [0.29, 0.717) is 0 Å². The van der Waals surface area contributed by atoms with Crippen LogP contribution in [0.4, 0.5) is 0 Å². The summed E-state index contributed by atoms with van der Waals surface area (Å²) >= 11 is 0. The number of phosphoric ester groups is 1. The predicted octanol–water partition coefficient (Wildman–Crippen LogP) is -0.398. The molecule has 0 saturated heterocycles. The highest BCUT2D eigenvalue weighted by Crippen LogP contribution is 2.35. The summed E-state index contributed by atoms with van der Waals surface area (Å²) in [7, 11) is -4.39. The van der Waals surface area contributed by atoms with E-state index in [1.807, 2.05) is 0 Å². The Morgan fingerprint density at radius 3 is 2.44 bits per heavy atom. The molecule has 0 aliphatic heterocycles. The first-order valence-corrected chi connectivity index (χ1v) is 3.59. The first-order valence-electron chi connectivity index (χ1n) is 2.06. The van der Waals surface area contributed by atoms with E-state index < -0.39 is 7.82 Å². The van der Waals surface area contributed by atoms with Crippen LogP contribution in [0.5, 0.6) is 0 Å². The Bertz CT molecular complexity index is 135. The maximum Gasteiger partial charge on any atom is 0.524 e. The average molecular weight is 154 g/mol. The molecule has 0 aliphatic carbocycles. The van der Waals surface area contributed by atoms with Gasteiger partial charge in [0.25, 0.3) is 0 Å². The normalized spacial score (nSPS) is 12.3. The molecule has 0 heterocycles. The van der Waals surface area contributed by atoms with E-state index in [-0.39, 0.29) is 6.61 Å². The second-order valence-corrected chi connectivity index (χ2v) is 2.34. The van der Waals surface area contributed by atoms with Crippen molar-refractivity contribution in [1.82, 2.24) is 0 Å². The van der Waals surface area contributed by atoms with E-state index in [4.69, 9.17) is 14.9 Å². The van der Waals surface area contributed by atoms with E-state index in [1.54, 1.807) is 0 Å². The van der Waals surface area contributed by atoms with Gasteiger partial charge in [0.2, 0.25) is 0 Å². The quantitative estimate of drug-likeness (QED) is 0.380. The van der Waals surface area contributed by atoms with E-state index >= 15 is 0 Å². The molecule has 0 amide bonds. The van der Waals surface area contributed by atoms with Crippen LogP contribution < -0.4 is 0 Å². The second kappa shape index (κ2) is 3.63. The fraction of sp³-hybridized carbons (Fsp3) is 0.333. The fourth-order valence-electron chi connectivity index (χ4n) is 0.165. The third-order valence-electron chi connectivity index (χ3n) is 0.400. The van der Waals surface area contributed by atoms with Gasteiger partial charge in [-0.1, -0.05) is 0 Å². The van der Waals surface area contributed by atoms with E-state index in [1.165, 1.54) is 0 Å². The molecular weight excluding hydrogens is 147 g/mol. The summed E-state index contributed by atoms with van der Waals surface area (Å²) < 4.78 is 13.6. The highest BCUT2D eigenvalue weighted by Gasteiger charge is 2.10. The van der Waals surface area contributed by atoms with Gasteiger partial charge in [0.15, 0.2) is 0 Å². The Balaban J connectivity index is 3.51. The van der Waals surface area contributed by atoms with Crippen molar-refractivity contribution in [2.75, 3.05) is 6.61 Å². The zero-order chi connectivity index (χ0) is 7.33. The lowest BCUT2D eigenvalue weighted by Gasteiger charge is -1.98. The maximum absolute atomic E-state index is 9.85. The summed E-state index contributed by atoms with van der Waals surface area (Å²) in [4.78, 5) is 16.0. The van der Waals surface area contributed by atoms with Crippen LogP contribution in [-0.4, -0.2) is 21.5 Å². The van der Waals surface area contributed by atoms with E-state index in [0.717, 1.165) is 12.3 Å². The molecule has 6 heteroatoms. The molecular formula is C3H7O5P. The Morgan fingerprint density at radius 1 is 1.56 bits per heavy atom. The molecule has 0 atom stereocenters. The first-order chi connectivity index (χ1) is 4.06. The Kier molecular flexibility index (Phi) is 3.49. The SMILES string of the molecule is O=P(O)(O)OC=CCO. The van der Waals surface area contributed by atoms with Crippen molar-refractivity contribution in [2.24, 2.45) is 0 Å². The minimum Gasteiger partial charge on any atom is -0.412 e. The smallest absolute Gasteiger partial charge is 0.412 e. The van der Waals surface area contributed by atoms with Gasteiger partial charge < -0.3 is 9.63 Å². The molecule has 0 radical (unpaired) electrons. The molecule has 0 saturated carbocycles. The number of rotatable bonds is 3. The molecule has 0 fully saturated rings. The molecule has 0 unspecified atom stereocenters. The molecule has 5 nitrogen and oxygen atoms in total. The molecule has 3 N–H and O–H groups in total. The Hall–Kier alpha value is -0.350. The molecule has 0 spiro atoms. The molecule has 0 bridgehead atoms. The van der Waals surface area contributed by atoms with Crippen LogP contribution >= 0.6 is 7.82 Å². The molecule has 9 heavy (non-hydrogen) atoms. The van der Waals surface area contributed by atoms with Crippen molar-refractivity contribution in [2.45, 2.75) is 0 Å². The number of aliphatic hydroxyl groups is 1. The van der Waals surface area contributed by atoms with Crippen molar-refractivity contribution >= 4 is 7.82 Å². The molecule has 0 aromatic heterocycles. The maximum atomic E-state index is 9.85. The van der Waals surface area contributed by atoms with Crippen LogP contribution in [0.2, 0.25) is 0 Å². The summed E-state index contributed by atoms with van der Waals surface area (Å²) in [5.74, 6) is 0. The topological polar surface area (TPSA) is 87.0 Å². The molecule has 0 rings (SSSR count). The second-order valence-electron chi connectivity index (χ2n) is 1.15. The summed E-state index contributed by atoms with van der Waals surface area (Å²) in [5, 5.41) is 8.04. The third kappa shape index (κ3) is 7.65. The van der Waals surface area contributed by atoms with Gasteiger partial charge in [0, 0.05) is 0 Å². The van der Waals surface area contributed by atoms with Crippen LogP contribution in [0.1, 0.15) is 0 Å². The standard InChI is InChI=1S/C3H7O5P/c4-2-1-3-8-9(5,6)7/h1,3-4H,2H2,(H2,5,6,7). The highest BCUT2D eigenvalue weighted by molar-refractivity contribution is 7.46. The lowest BCUT2D eigenvalue weighted by atomic mass is 10.7. The summed E-state index contributed by atoms with van der Waals surface area (Å²) in [6.07, 6.45) is 1.82. The average Bonchev–Trinajstić information content (AvgIpc) is 1.63. The van der Waals surface area contributed by atoms with Gasteiger partial charge in [-0.15, -0.1) is 0 Å². The number of phosphoric acid groups is 1. The van der Waals surface area contributed by atoms with Crippen LogP contribution in [0.3, 0.4) is 0 Å². The summed E-state index contributed by atoms with van der Waals surface area (Å²) in [6.45, 7) is -0.306.